The van der Waals surface area contributed by atoms with Crippen molar-refractivity contribution in [2.75, 3.05) is 13.1 Å². The fraction of sp³-hybridized carbons (Fsp3) is 0.462. The van der Waals surface area contributed by atoms with Crippen molar-refractivity contribution >= 4 is 50.7 Å². The predicted molar refractivity (Wildman–Crippen MR) is 86.8 cm³/mol. The van der Waals surface area contributed by atoms with Crippen LogP contribution in [0.3, 0.4) is 0 Å². The number of nitrogens with zero attached hydrogens (tertiary/aromatic N) is 2. The summed E-state index contributed by atoms with van der Waals surface area (Å²) in [5.74, 6) is -0.0314. The zero-order valence-electron chi connectivity index (χ0n) is 11.2. The number of likely N-dealkylation sites (tertiary alicyclic amines) is 1. The smallest absolute Gasteiger partial charge is 0.284 e. The molecular weight excluding hydrogens is 355 g/mol. The molecule has 1 aliphatic heterocycles. The Labute approximate surface area is 139 Å². The summed E-state index contributed by atoms with van der Waals surface area (Å²) >= 11 is 17.8. The van der Waals surface area contributed by atoms with Gasteiger partial charge in [-0.1, -0.05) is 53.0 Å². The van der Waals surface area contributed by atoms with Crippen LogP contribution < -0.4 is 0 Å². The number of hydrogen-bond acceptors (Lipinski definition) is 2. The summed E-state index contributed by atoms with van der Waals surface area (Å²) in [5.41, 5.74) is 0. The SMILES string of the molecule is O=S(=O)(/N=C(/N1CCCCC1)C(Cl)(Cl)Cl)c1ccccc1. The third-order valence-corrected chi connectivity index (χ3v) is 4.95. The Morgan fingerprint density at radius 2 is 1.62 bits per heavy atom. The average Bonchev–Trinajstić information content (AvgIpc) is 2.46. The Morgan fingerprint density at radius 3 is 2.14 bits per heavy atom. The Morgan fingerprint density at radius 1 is 1.05 bits per heavy atom. The van der Waals surface area contributed by atoms with E-state index in [9.17, 15) is 8.42 Å². The molecule has 116 valence electrons. The molecule has 0 aromatic heterocycles. The quantitative estimate of drug-likeness (QED) is 0.454. The highest BCUT2D eigenvalue weighted by Crippen LogP contribution is 2.32. The van der Waals surface area contributed by atoms with Gasteiger partial charge in [0.25, 0.3) is 10.0 Å². The number of halogens is 3. The second-order valence-electron chi connectivity index (χ2n) is 4.75. The molecule has 1 saturated heterocycles. The summed E-state index contributed by atoms with van der Waals surface area (Å²) in [6.45, 7) is 1.27. The summed E-state index contributed by atoms with van der Waals surface area (Å²) in [5, 5.41) is 0. The Hall–Kier alpha value is -0.490. The highest BCUT2D eigenvalue weighted by molar-refractivity contribution is 7.90. The maximum atomic E-state index is 12.3. The van der Waals surface area contributed by atoms with Crippen LogP contribution in [-0.4, -0.2) is 36.0 Å². The molecule has 0 saturated carbocycles. The highest BCUT2D eigenvalue weighted by Gasteiger charge is 2.35. The molecule has 0 radical (unpaired) electrons. The minimum atomic E-state index is -3.90. The molecule has 0 amide bonds. The van der Waals surface area contributed by atoms with Crippen LogP contribution in [0.2, 0.25) is 0 Å². The topological polar surface area (TPSA) is 49.7 Å². The monoisotopic (exact) mass is 368 g/mol. The van der Waals surface area contributed by atoms with Gasteiger partial charge in [0.1, 0.15) is 0 Å². The lowest BCUT2D eigenvalue weighted by molar-refractivity contribution is 0.339. The standard InChI is InChI=1S/C13H15Cl3N2O2S/c14-13(15,16)12(18-9-5-2-6-10-18)17-21(19,20)11-7-3-1-4-8-11/h1,3-4,7-8H,2,5-6,9-10H2/b17-12+. The summed E-state index contributed by atoms with van der Waals surface area (Å²) in [6.07, 6.45) is 2.92. The number of amidine groups is 1. The first kappa shape index (κ1) is 16.9. The van der Waals surface area contributed by atoms with Gasteiger partial charge in [0, 0.05) is 13.1 Å². The normalized spacial score (nSPS) is 17.9. The summed E-state index contributed by atoms with van der Waals surface area (Å²) in [4.78, 5) is 1.81. The minimum absolute atomic E-state index is 0.0314. The first-order valence-corrected chi connectivity index (χ1v) is 9.10. The van der Waals surface area contributed by atoms with E-state index in [0.717, 1.165) is 19.3 Å². The van der Waals surface area contributed by atoms with Gasteiger partial charge in [0.15, 0.2) is 5.84 Å². The van der Waals surface area contributed by atoms with Gasteiger partial charge in [0.05, 0.1) is 4.90 Å². The maximum absolute atomic E-state index is 12.3. The van der Waals surface area contributed by atoms with E-state index in [4.69, 9.17) is 34.8 Å². The first-order chi connectivity index (χ1) is 9.81. The van der Waals surface area contributed by atoms with Crippen molar-refractivity contribution in [1.29, 1.82) is 0 Å². The highest BCUT2D eigenvalue weighted by atomic mass is 35.6. The number of hydrogen-bond donors (Lipinski definition) is 0. The van der Waals surface area contributed by atoms with Crippen molar-refractivity contribution < 1.29 is 8.42 Å². The van der Waals surface area contributed by atoms with Crippen molar-refractivity contribution in [3.63, 3.8) is 0 Å². The van der Waals surface area contributed by atoms with Gasteiger partial charge in [-0.15, -0.1) is 4.40 Å². The molecule has 1 heterocycles. The molecule has 1 fully saturated rings. The van der Waals surface area contributed by atoms with Crippen LogP contribution in [0.25, 0.3) is 0 Å². The van der Waals surface area contributed by atoms with Crippen LogP contribution in [0.4, 0.5) is 0 Å². The van der Waals surface area contributed by atoms with E-state index >= 15 is 0 Å². The second-order valence-corrected chi connectivity index (χ2v) is 8.63. The van der Waals surface area contributed by atoms with Crippen molar-refractivity contribution in [2.45, 2.75) is 28.0 Å². The molecule has 0 aliphatic carbocycles. The molecule has 1 aromatic rings. The predicted octanol–water partition coefficient (Wildman–Crippen LogP) is 3.63. The molecule has 1 aliphatic rings. The Balaban J connectivity index is 2.41. The van der Waals surface area contributed by atoms with Crippen LogP contribution in [0.1, 0.15) is 19.3 Å². The lowest BCUT2D eigenvalue weighted by atomic mass is 10.1. The van der Waals surface area contributed by atoms with Crippen LogP contribution in [0.15, 0.2) is 39.6 Å². The number of alkyl halides is 3. The van der Waals surface area contributed by atoms with Gasteiger partial charge in [0.2, 0.25) is 3.79 Å². The minimum Gasteiger partial charge on any atom is -0.356 e. The second kappa shape index (κ2) is 6.73. The number of benzene rings is 1. The van der Waals surface area contributed by atoms with Gasteiger partial charge in [-0.3, -0.25) is 0 Å². The lowest BCUT2D eigenvalue weighted by Crippen LogP contribution is -2.43. The van der Waals surface area contributed by atoms with Gasteiger partial charge in [-0.2, -0.15) is 8.42 Å². The van der Waals surface area contributed by atoms with E-state index in [-0.39, 0.29) is 10.7 Å². The van der Waals surface area contributed by atoms with Crippen LogP contribution in [-0.2, 0) is 10.0 Å². The van der Waals surface area contributed by atoms with E-state index in [1.165, 1.54) is 12.1 Å². The molecule has 0 N–H and O–H groups in total. The Kier molecular flexibility index (Phi) is 5.41. The van der Waals surface area contributed by atoms with Crippen molar-refractivity contribution in [3.05, 3.63) is 30.3 Å². The summed E-state index contributed by atoms with van der Waals surface area (Å²) in [6, 6.07) is 7.90. The van der Waals surface area contributed by atoms with Gasteiger partial charge < -0.3 is 4.90 Å². The van der Waals surface area contributed by atoms with Crippen molar-refractivity contribution in [1.82, 2.24) is 4.90 Å². The third-order valence-electron chi connectivity index (χ3n) is 3.16. The molecule has 0 unspecified atom stereocenters. The number of rotatable bonds is 2. The summed E-state index contributed by atoms with van der Waals surface area (Å²) in [7, 11) is -3.90. The third kappa shape index (κ3) is 4.49. The van der Waals surface area contributed by atoms with Crippen LogP contribution >= 0.6 is 34.8 Å². The first-order valence-electron chi connectivity index (χ1n) is 6.53. The summed E-state index contributed by atoms with van der Waals surface area (Å²) < 4.78 is 26.6. The molecular formula is C13H15Cl3N2O2S. The molecule has 1 aromatic carbocycles. The molecule has 8 heteroatoms. The molecule has 4 nitrogen and oxygen atoms in total. The number of piperidine rings is 1. The lowest BCUT2D eigenvalue weighted by Gasteiger charge is -2.32. The average molecular weight is 370 g/mol. The van der Waals surface area contributed by atoms with Gasteiger partial charge >= 0.3 is 0 Å². The fourth-order valence-corrected chi connectivity index (χ4v) is 3.88. The molecule has 0 bridgehead atoms. The largest absolute Gasteiger partial charge is 0.356 e. The molecule has 0 spiro atoms. The molecule has 21 heavy (non-hydrogen) atoms. The van der Waals surface area contributed by atoms with E-state index in [1.807, 2.05) is 0 Å². The van der Waals surface area contributed by atoms with E-state index in [2.05, 4.69) is 4.40 Å². The van der Waals surface area contributed by atoms with Gasteiger partial charge in [-0.05, 0) is 31.4 Å². The fourth-order valence-electron chi connectivity index (χ4n) is 2.15. The van der Waals surface area contributed by atoms with E-state index in [0.29, 0.717) is 13.1 Å². The molecule has 2 rings (SSSR count). The zero-order valence-corrected chi connectivity index (χ0v) is 14.3. The van der Waals surface area contributed by atoms with Gasteiger partial charge in [-0.25, -0.2) is 0 Å². The number of sulfonamides is 1. The van der Waals surface area contributed by atoms with Crippen molar-refractivity contribution in [3.8, 4) is 0 Å². The van der Waals surface area contributed by atoms with Crippen molar-refractivity contribution in [2.24, 2.45) is 4.40 Å². The zero-order chi connectivity index (χ0) is 15.5. The van der Waals surface area contributed by atoms with Crippen LogP contribution in [0.5, 0.6) is 0 Å². The molecule has 0 atom stereocenters. The van der Waals surface area contributed by atoms with E-state index in [1.54, 1.807) is 23.1 Å². The maximum Gasteiger partial charge on any atom is 0.284 e. The van der Waals surface area contributed by atoms with Crippen LogP contribution in [0, 0.1) is 0 Å². The van der Waals surface area contributed by atoms with E-state index < -0.39 is 13.8 Å². The Bertz CT molecular complexity index is 606.